The predicted molar refractivity (Wildman–Crippen MR) is 109 cm³/mol. The van der Waals surface area contributed by atoms with Crippen molar-refractivity contribution in [3.8, 4) is 11.5 Å². The molecule has 1 aromatic heterocycles. The number of esters is 1. The third kappa shape index (κ3) is 4.27. The van der Waals surface area contributed by atoms with E-state index in [-0.39, 0.29) is 17.6 Å². The van der Waals surface area contributed by atoms with Gasteiger partial charge in [0.15, 0.2) is 6.10 Å². The van der Waals surface area contributed by atoms with Crippen LogP contribution in [0, 0.1) is 5.82 Å². The zero-order chi connectivity index (χ0) is 20.9. The maximum absolute atomic E-state index is 13.1. The van der Waals surface area contributed by atoms with Gasteiger partial charge >= 0.3 is 5.97 Å². The fourth-order valence-corrected chi connectivity index (χ4v) is 3.16. The van der Waals surface area contributed by atoms with E-state index in [0.717, 1.165) is 11.1 Å². The van der Waals surface area contributed by atoms with E-state index < -0.39 is 18.0 Å². The fourth-order valence-electron chi connectivity index (χ4n) is 3.16. The Balaban J connectivity index is 1.55. The topological polar surface area (TPSA) is 65.2 Å². The molecular weight excluding hydrogens is 383 g/mol. The van der Waals surface area contributed by atoms with Gasteiger partial charge in [-0.25, -0.2) is 4.39 Å². The van der Waals surface area contributed by atoms with E-state index in [0.29, 0.717) is 5.56 Å². The van der Waals surface area contributed by atoms with E-state index in [9.17, 15) is 9.18 Å². The molecule has 150 valence electrons. The summed E-state index contributed by atoms with van der Waals surface area (Å²) < 4.78 is 24.4. The summed E-state index contributed by atoms with van der Waals surface area (Å²) in [6.07, 6.45) is -0.742. The summed E-state index contributed by atoms with van der Waals surface area (Å²) in [4.78, 5) is 13.1. The lowest BCUT2D eigenvalue weighted by atomic mass is 9.91. The molecule has 1 heterocycles. The number of halogens is 1. The van der Waals surface area contributed by atoms with Crippen LogP contribution in [0.25, 0.3) is 11.5 Å². The van der Waals surface area contributed by atoms with Crippen LogP contribution in [0.3, 0.4) is 0 Å². The first-order valence-electron chi connectivity index (χ1n) is 9.51. The van der Waals surface area contributed by atoms with Crippen molar-refractivity contribution in [2.45, 2.75) is 18.9 Å². The molecule has 0 radical (unpaired) electrons. The lowest BCUT2D eigenvalue weighted by molar-refractivity contribution is -0.150. The highest BCUT2D eigenvalue weighted by atomic mass is 19.1. The van der Waals surface area contributed by atoms with Crippen molar-refractivity contribution >= 4 is 5.97 Å². The summed E-state index contributed by atoms with van der Waals surface area (Å²) in [5, 5.41) is 7.96. The molecule has 3 aromatic carbocycles. The van der Waals surface area contributed by atoms with Crippen molar-refractivity contribution in [1.29, 1.82) is 0 Å². The number of hydrogen-bond acceptors (Lipinski definition) is 5. The number of rotatable bonds is 6. The summed E-state index contributed by atoms with van der Waals surface area (Å²) in [5.74, 6) is -0.942. The Morgan fingerprint density at radius 2 is 1.43 bits per heavy atom. The molecule has 0 amide bonds. The Morgan fingerprint density at radius 3 is 2.00 bits per heavy atom. The normalized spacial score (nSPS) is 12.0. The first-order chi connectivity index (χ1) is 14.6. The second-order valence-corrected chi connectivity index (χ2v) is 6.79. The van der Waals surface area contributed by atoms with E-state index in [1.165, 1.54) is 12.1 Å². The molecule has 0 N–H and O–H groups in total. The Bertz CT molecular complexity index is 1070. The summed E-state index contributed by atoms with van der Waals surface area (Å²) >= 11 is 0. The summed E-state index contributed by atoms with van der Waals surface area (Å²) in [6, 6.07) is 24.6. The third-order valence-corrected chi connectivity index (χ3v) is 4.67. The standard InChI is InChI=1S/C24H19FN2O3/c1-16(22-26-27-23(30-22)19-12-14-20(25)15-13-19)29-24(28)21(17-8-4-2-5-9-17)18-10-6-3-7-11-18/h2-16,21H,1H3/t16-/m1/s1. The number of aromatic nitrogens is 2. The maximum Gasteiger partial charge on any atom is 0.318 e. The molecule has 0 fully saturated rings. The SMILES string of the molecule is C[C@@H](OC(=O)C(c1ccccc1)c1ccccc1)c1nnc(-c2ccc(F)cc2)o1. The van der Waals surface area contributed by atoms with Gasteiger partial charge in [0, 0.05) is 5.56 Å². The number of ether oxygens (including phenoxy) is 1. The van der Waals surface area contributed by atoms with Crippen LogP contribution in [0.2, 0.25) is 0 Å². The summed E-state index contributed by atoms with van der Waals surface area (Å²) in [6.45, 7) is 1.67. The van der Waals surface area contributed by atoms with Gasteiger partial charge in [-0.3, -0.25) is 4.79 Å². The number of carbonyl (C=O) groups excluding carboxylic acids is 1. The first-order valence-corrected chi connectivity index (χ1v) is 9.51. The maximum atomic E-state index is 13.1. The van der Waals surface area contributed by atoms with E-state index in [2.05, 4.69) is 10.2 Å². The third-order valence-electron chi connectivity index (χ3n) is 4.67. The van der Waals surface area contributed by atoms with Crippen molar-refractivity contribution in [2.24, 2.45) is 0 Å². The number of benzene rings is 3. The minimum Gasteiger partial charge on any atom is -0.452 e. The molecule has 4 rings (SSSR count). The van der Waals surface area contributed by atoms with Crippen LogP contribution >= 0.6 is 0 Å². The molecule has 0 saturated heterocycles. The zero-order valence-corrected chi connectivity index (χ0v) is 16.2. The van der Waals surface area contributed by atoms with Crippen molar-refractivity contribution in [2.75, 3.05) is 0 Å². The molecule has 6 heteroatoms. The average Bonchev–Trinajstić information content (AvgIpc) is 3.26. The molecule has 0 saturated carbocycles. The van der Waals surface area contributed by atoms with Crippen LogP contribution in [0.4, 0.5) is 4.39 Å². The quantitative estimate of drug-likeness (QED) is 0.409. The van der Waals surface area contributed by atoms with Gasteiger partial charge in [0.25, 0.3) is 5.89 Å². The highest BCUT2D eigenvalue weighted by Gasteiger charge is 2.28. The lowest BCUT2D eigenvalue weighted by Gasteiger charge is -2.19. The Hall–Kier alpha value is -3.80. The van der Waals surface area contributed by atoms with E-state index >= 15 is 0 Å². The monoisotopic (exact) mass is 402 g/mol. The van der Waals surface area contributed by atoms with E-state index in [1.807, 2.05) is 60.7 Å². The molecule has 4 aromatic rings. The van der Waals surface area contributed by atoms with Gasteiger partial charge < -0.3 is 9.15 Å². The Morgan fingerprint density at radius 1 is 0.867 bits per heavy atom. The van der Waals surface area contributed by atoms with Gasteiger partial charge in [-0.15, -0.1) is 10.2 Å². The van der Waals surface area contributed by atoms with Gasteiger partial charge in [-0.2, -0.15) is 0 Å². The molecule has 30 heavy (non-hydrogen) atoms. The number of nitrogens with zero attached hydrogens (tertiary/aromatic N) is 2. The van der Waals surface area contributed by atoms with Gasteiger partial charge in [-0.1, -0.05) is 60.7 Å². The first kappa shape index (κ1) is 19.5. The van der Waals surface area contributed by atoms with E-state index in [1.54, 1.807) is 19.1 Å². The minimum atomic E-state index is -0.742. The van der Waals surface area contributed by atoms with Crippen LogP contribution in [0.1, 0.15) is 36.0 Å². The summed E-state index contributed by atoms with van der Waals surface area (Å²) in [5.41, 5.74) is 2.25. The molecule has 5 nitrogen and oxygen atoms in total. The smallest absolute Gasteiger partial charge is 0.318 e. The molecule has 1 atom stereocenters. The van der Waals surface area contributed by atoms with Crippen LogP contribution in [-0.2, 0) is 9.53 Å². The molecule has 0 aliphatic carbocycles. The highest BCUT2D eigenvalue weighted by molar-refractivity contribution is 5.82. The van der Waals surface area contributed by atoms with Crippen molar-refractivity contribution < 1.29 is 18.3 Å². The van der Waals surface area contributed by atoms with Gasteiger partial charge in [-0.05, 0) is 42.3 Å². The number of carbonyl (C=O) groups is 1. The van der Waals surface area contributed by atoms with Crippen molar-refractivity contribution in [1.82, 2.24) is 10.2 Å². The van der Waals surface area contributed by atoms with Crippen LogP contribution in [0.5, 0.6) is 0 Å². The van der Waals surface area contributed by atoms with Gasteiger partial charge in [0.2, 0.25) is 5.89 Å². The predicted octanol–water partition coefficient (Wildman–Crippen LogP) is 5.31. The van der Waals surface area contributed by atoms with Crippen molar-refractivity contribution in [3.05, 3.63) is 108 Å². The fraction of sp³-hybridized carbons (Fsp3) is 0.125. The molecular formula is C24H19FN2O3. The van der Waals surface area contributed by atoms with Crippen LogP contribution in [0.15, 0.2) is 89.3 Å². The highest BCUT2D eigenvalue weighted by Crippen LogP contribution is 2.29. The van der Waals surface area contributed by atoms with Gasteiger partial charge in [0.05, 0.1) is 0 Å². The second kappa shape index (κ2) is 8.69. The average molecular weight is 402 g/mol. The van der Waals surface area contributed by atoms with Crippen molar-refractivity contribution in [3.63, 3.8) is 0 Å². The number of hydrogen-bond donors (Lipinski definition) is 0. The zero-order valence-electron chi connectivity index (χ0n) is 16.2. The Labute approximate surface area is 173 Å². The Kier molecular flexibility index (Phi) is 5.66. The van der Waals surface area contributed by atoms with Gasteiger partial charge in [0.1, 0.15) is 11.7 Å². The second-order valence-electron chi connectivity index (χ2n) is 6.79. The largest absolute Gasteiger partial charge is 0.452 e. The van der Waals surface area contributed by atoms with Crippen LogP contribution in [-0.4, -0.2) is 16.2 Å². The molecule has 0 spiro atoms. The molecule has 0 aliphatic heterocycles. The molecule has 0 bridgehead atoms. The van der Waals surface area contributed by atoms with Crippen LogP contribution < -0.4 is 0 Å². The van der Waals surface area contributed by atoms with E-state index in [4.69, 9.17) is 9.15 Å². The minimum absolute atomic E-state index is 0.169. The molecule has 0 unspecified atom stereocenters. The lowest BCUT2D eigenvalue weighted by Crippen LogP contribution is -2.19. The molecule has 0 aliphatic rings. The summed E-state index contributed by atoms with van der Waals surface area (Å²) in [7, 11) is 0.